The summed E-state index contributed by atoms with van der Waals surface area (Å²) >= 11 is 1.73. The van der Waals surface area contributed by atoms with Crippen molar-refractivity contribution in [2.75, 3.05) is 6.26 Å². The van der Waals surface area contributed by atoms with Gasteiger partial charge in [-0.3, -0.25) is 4.98 Å². The number of hydrogen-bond donors (Lipinski definition) is 1. The van der Waals surface area contributed by atoms with Gasteiger partial charge in [-0.15, -0.1) is 11.8 Å². The zero-order chi connectivity index (χ0) is 10.9. The molecule has 0 spiro atoms. The Morgan fingerprint density at radius 1 is 1.40 bits per heavy atom. The molecule has 80 valence electrons. The molecular formula is C11H14N2OS. The van der Waals surface area contributed by atoms with Gasteiger partial charge in [-0.05, 0) is 37.5 Å². The molecule has 0 amide bonds. The van der Waals surface area contributed by atoms with E-state index in [0.29, 0.717) is 0 Å². The molecule has 0 radical (unpaired) electrons. The molecule has 2 rings (SSSR count). The molecule has 0 fully saturated rings. The Hall–Kier alpha value is -1.42. The molecule has 3 nitrogen and oxygen atoms in total. The fourth-order valence-electron chi connectivity index (χ4n) is 0.943. The number of thioether (sulfide) groups is 1. The molecule has 0 saturated heterocycles. The lowest BCUT2D eigenvalue weighted by atomic mass is 10.4. The summed E-state index contributed by atoms with van der Waals surface area (Å²) in [5.41, 5.74) is 3.63. The van der Waals surface area contributed by atoms with Crippen LogP contribution >= 0.6 is 11.8 Å². The number of hydrogen-bond acceptors (Lipinski definition) is 4. The first kappa shape index (κ1) is 11.7. The van der Waals surface area contributed by atoms with E-state index in [4.69, 9.17) is 0 Å². The number of rotatable bonds is 1. The second-order valence-electron chi connectivity index (χ2n) is 2.71. The predicted molar refractivity (Wildman–Crippen MR) is 63.3 cm³/mol. The number of allylic oxidation sites excluding steroid dienone is 2. The molecule has 0 atom stereocenters. The molecule has 2 heterocycles. The van der Waals surface area contributed by atoms with Crippen LogP contribution in [0.1, 0.15) is 5.69 Å². The molecule has 1 aromatic rings. The van der Waals surface area contributed by atoms with E-state index in [0.717, 1.165) is 5.69 Å². The summed E-state index contributed by atoms with van der Waals surface area (Å²) in [5.74, 6) is 0. The monoisotopic (exact) mass is 222 g/mol. The van der Waals surface area contributed by atoms with Crippen molar-refractivity contribution < 1.29 is 4.84 Å². The highest BCUT2D eigenvalue weighted by molar-refractivity contribution is 7.98. The number of hydroxylamine groups is 1. The molecule has 4 heteroatoms. The Morgan fingerprint density at radius 3 is 2.60 bits per heavy atom. The van der Waals surface area contributed by atoms with E-state index in [2.05, 4.69) is 27.6 Å². The van der Waals surface area contributed by atoms with Crippen LogP contribution in [-0.2, 0) is 4.84 Å². The quantitative estimate of drug-likeness (QED) is 0.741. The molecule has 0 saturated carbocycles. The molecule has 1 aromatic heterocycles. The van der Waals surface area contributed by atoms with Gasteiger partial charge in [0.25, 0.3) is 0 Å². The zero-order valence-electron chi connectivity index (χ0n) is 8.81. The van der Waals surface area contributed by atoms with Crippen molar-refractivity contribution in [2.45, 2.75) is 11.8 Å². The summed E-state index contributed by atoms with van der Waals surface area (Å²) in [6.07, 6.45) is 10.8. The summed E-state index contributed by atoms with van der Waals surface area (Å²) in [5, 5.41) is 0. The number of aromatic nitrogens is 1. The number of nitrogens with zero attached hydrogens (tertiary/aromatic N) is 1. The topological polar surface area (TPSA) is 34.1 Å². The first-order valence-corrected chi connectivity index (χ1v) is 5.75. The molecule has 1 aliphatic rings. The van der Waals surface area contributed by atoms with Crippen LogP contribution in [0.4, 0.5) is 0 Å². The zero-order valence-corrected chi connectivity index (χ0v) is 9.62. The maximum absolute atomic E-state index is 4.55. The normalized spacial score (nSPS) is 12.1. The van der Waals surface area contributed by atoms with Gasteiger partial charge >= 0.3 is 0 Å². The van der Waals surface area contributed by atoms with E-state index in [1.54, 1.807) is 30.3 Å². The minimum atomic E-state index is 1.12. The van der Waals surface area contributed by atoms with Crippen molar-refractivity contribution in [1.29, 1.82) is 0 Å². The Balaban J connectivity index is 0.000000162. The predicted octanol–water partition coefficient (Wildman–Crippen LogP) is 2.66. The third-order valence-corrected chi connectivity index (χ3v) is 2.54. The Morgan fingerprint density at radius 2 is 2.27 bits per heavy atom. The lowest BCUT2D eigenvalue weighted by Crippen LogP contribution is -2.01. The molecular weight excluding hydrogens is 208 g/mol. The minimum absolute atomic E-state index is 1.12. The van der Waals surface area contributed by atoms with Crippen LogP contribution in [0, 0.1) is 6.92 Å². The standard InChI is InChI=1S/C7H9NS.C4H5NO/c1-6-7(9-2)4-3-5-8-6;1-2-4-6-5-3-1/h3-5H,1-2H3;1-5H. The number of pyridine rings is 1. The Bertz CT molecular complexity index is 338. The van der Waals surface area contributed by atoms with Crippen LogP contribution < -0.4 is 5.48 Å². The average molecular weight is 222 g/mol. The highest BCUT2D eigenvalue weighted by Crippen LogP contribution is 2.15. The van der Waals surface area contributed by atoms with Gasteiger partial charge in [-0.1, -0.05) is 0 Å². The Kier molecular flexibility index (Phi) is 5.40. The van der Waals surface area contributed by atoms with Gasteiger partial charge in [0.1, 0.15) is 6.26 Å². The summed E-state index contributed by atoms with van der Waals surface area (Å²) in [6.45, 7) is 2.02. The molecule has 0 unspecified atom stereocenters. The molecule has 0 aromatic carbocycles. The van der Waals surface area contributed by atoms with E-state index in [-0.39, 0.29) is 0 Å². The van der Waals surface area contributed by atoms with Crippen molar-refractivity contribution in [2.24, 2.45) is 0 Å². The van der Waals surface area contributed by atoms with Gasteiger partial charge in [0, 0.05) is 17.3 Å². The van der Waals surface area contributed by atoms with Crippen LogP contribution in [0.3, 0.4) is 0 Å². The number of nitrogens with one attached hydrogen (secondary N) is 1. The molecule has 0 bridgehead atoms. The third-order valence-electron chi connectivity index (χ3n) is 1.67. The van der Waals surface area contributed by atoms with E-state index in [1.807, 2.05) is 25.3 Å². The lowest BCUT2D eigenvalue weighted by Gasteiger charge is -1.97. The van der Waals surface area contributed by atoms with E-state index in [1.165, 1.54) is 4.90 Å². The van der Waals surface area contributed by atoms with Gasteiger partial charge < -0.3 is 4.84 Å². The fourth-order valence-corrected chi connectivity index (χ4v) is 1.51. The van der Waals surface area contributed by atoms with Crippen molar-refractivity contribution >= 4 is 11.8 Å². The van der Waals surface area contributed by atoms with Gasteiger partial charge in [0.15, 0.2) is 0 Å². The summed E-state index contributed by atoms with van der Waals surface area (Å²) in [6, 6.07) is 4.03. The van der Waals surface area contributed by atoms with Crippen molar-refractivity contribution in [3.63, 3.8) is 0 Å². The summed E-state index contributed by atoms with van der Waals surface area (Å²) in [7, 11) is 0. The van der Waals surface area contributed by atoms with Gasteiger partial charge in [0.05, 0.1) is 5.69 Å². The van der Waals surface area contributed by atoms with E-state index in [9.17, 15) is 0 Å². The van der Waals surface area contributed by atoms with E-state index < -0.39 is 0 Å². The Labute approximate surface area is 94.2 Å². The van der Waals surface area contributed by atoms with Crippen LogP contribution in [0.25, 0.3) is 0 Å². The molecule has 0 aliphatic carbocycles. The SMILES string of the molecule is C1=CNOC=C1.CSc1cccnc1C. The second kappa shape index (κ2) is 6.95. The maximum Gasteiger partial charge on any atom is 0.119 e. The fraction of sp³-hybridized carbons (Fsp3) is 0.182. The van der Waals surface area contributed by atoms with Gasteiger partial charge in [-0.2, -0.15) is 0 Å². The van der Waals surface area contributed by atoms with Gasteiger partial charge in [-0.25, -0.2) is 5.48 Å². The minimum Gasteiger partial charge on any atom is -0.391 e. The highest BCUT2D eigenvalue weighted by atomic mass is 32.2. The molecule has 15 heavy (non-hydrogen) atoms. The van der Waals surface area contributed by atoms with Crippen molar-refractivity contribution in [3.05, 3.63) is 48.6 Å². The van der Waals surface area contributed by atoms with Crippen molar-refractivity contribution in [1.82, 2.24) is 10.5 Å². The maximum atomic E-state index is 4.55. The molecule has 1 N–H and O–H groups in total. The largest absolute Gasteiger partial charge is 0.391 e. The molecule has 1 aliphatic heterocycles. The third kappa shape index (κ3) is 4.56. The average Bonchev–Trinajstić information content (AvgIpc) is 2.33. The lowest BCUT2D eigenvalue weighted by molar-refractivity contribution is 0.172. The first-order valence-electron chi connectivity index (χ1n) is 4.53. The first-order chi connectivity index (χ1) is 7.34. The van der Waals surface area contributed by atoms with Crippen LogP contribution in [-0.4, -0.2) is 11.2 Å². The number of aryl methyl sites for hydroxylation is 1. The summed E-state index contributed by atoms with van der Waals surface area (Å²) in [4.78, 5) is 9.94. The summed E-state index contributed by atoms with van der Waals surface area (Å²) < 4.78 is 0. The van der Waals surface area contributed by atoms with Crippen LogP contribution in [0.5, 0.6) is 0 Å². The second-order valence-corrected chi connectivity index (χ2v) is 3.56. The smallest absolute Gasteiger partial charge is 0.119 e. The van der Waals surface area contributed by atoms with E-state index >= 15 is 0 Å². The van der Waals surface area contributed by atoms with Crippen LogP contribution in [0.15, 0.2) is 47.8 Å². The van der Waals surface area contributed by atoms with Crippen LogP contribution in [0.2, 0.25) is 0 Å². The highest BCUT2D eigenvalue weighted by Gasteiger charge is 1.91. The van der Waals surface area contributed by atoms with Gasteiger partial charge in [0.2, 0.25) is 0 Å². The van der Waals surface area contributed by atoms with Crippen molar-refractivity contribution in [3.8, 4) is 0 Å².